The van der Waals surface area contributed by atoms with Crippen LogP contribution in [0.1, 0.15) is 11.6 Å². The van der Waals surface area contributed by atoms with Gasteiger partial charge in [0.15, 0.2) is 0 Å². The quantitative estimate of drug-likeness (QED) is 0.847. The Morgan fingerprint density at radius 1 is 1.06 bits per heavy atom. The molecule has 0 aliphatic rings. The highest BCUT2D eigenvalue weighted by Gasteiger charge is 2.38. The molecule has 0 heterocycles. The Balaban J connectivity index is 0.00000289. The lowest BCUT2D eigenvalue weighted by atomic mass is 10.1. The van der Waals surface area contributed by atoms with Crippen molar-refractivity contribution in [1.29, 1.82) is 0 Å². The zero-order valence-corrected chi connectivity index (χ0v) is 9.36. The first-order valence-electron chi connectivity index (χ1n) is 4.27. The molecule has 1 aromatic carbocycles. The van der Waals surface area contributed by atoms with Crippen molar-refractivity contribution in [2.75, 3.05) is 0 Å². The van der Waals surface area contributed by atoms with Gasteiger partial charge in [0.2, 0.25) is 0 Å². The van der Waals surface area contributed by atoms with E-state index < -0.39 is 29.9 Å². The smallest absolute Gasteiger partial charge is 0.406 e. The summed E-state index contributed by atoms with van der Waals surface area (Å²) in [7, 11) is 0. The maximum Gasteiger partial charge on any atom is 0.573 e. The molecule has 9 heteroatoms. The Kier molecular flexibility index (Phi) is 5.30. The summed E-state index contributed by atoms with van der Waals surface area (Å²) in [6.45, 7) is 0. The summed E-state index contributed by atoms with van der Waals surface area (Å²) >= 11 is 0. The first-order chi connectivity index (χ1) is 7.59. The van der Waals surface area contributed by atoms with E-state index in [0.717, 1.165) is 18.2 Å². The molecular formula is C9H8ClF6NO. The Labute approximate surface area is 104 Å². The van der Waals surface area contributed by atoms with Crippen LogP contribution in [0.3, 0.4) is 0 Å². The van der Waals surface area contributed by atoms with Gasteiger partial charge in [-0.3, -0.25) is 0 Å². The third-order valence-corrected chi connectivity index (χ3v) is 1.80. The Hall–Kier alpha value is -1.15. The van der Waals surface area contributed by atoms with Crippen molar-refractivity contribution in [3.8, 4) is 5.75 Å². The fourth-order valence-corrected chi connectivity index (χ4v) is 1.09. The minimum absolute atomic E-state index is 0. The van der Waals surface area contributed by atoms with Gasteiger partial charge in [0.25, 0.3) is 0 Å². The maximum atomic E-state index is 12.2. The first-order valence-corrected chi connectivity index (χ1v) is 4.27. The van der Waals surface area contributed by atoms with Crippen molar-refractivity contribution in [1.82, 2.24) is 0 Å². The number of halogens is 7. The molecule has 0 amide bonds. The molecule has 0 bridgehead atoms. The third-order valence-electron chi connectivity index (χ3n) is 1.80. The van der Waals surface area contributed by atoms with Gasteiger partial charge in [-0.2, -0.15) is 13.2 Å². The molecule has 104 valence electrons. The van der Waals surface area contributed by atoms with Crippen molar-refractivity contribution in [2.45, 2.75) is 18.6 Å². The van der Waals surface area contributed by atoms with Crippen LogP contribution < -0.4 is 10.5 Å². The molecule has 2 N–H and O–H groups in total. The molecule has 0 spiro atoms. The summed E-state index contributed by atoms with van der Waals surface area (Å²) in [4.78, 5) is 0. The van der Waals surface area contributed by atoms with E-state index in [0.29, 0.717) is 6.07 Å². The summed E-state index contributed by atoms with van der Waals surface area (Å²) in [6, 6.07) is 1.12. The summed E-state index contributed by atoms with van der Waals surface area (Å²) in [5.74, 6) is -0.741. The molecule has 0 aliphatic heterocycles. The fourth-order valence-electron chi connectivity index (χ4n) is 1.09. The van der Waals surface area contributed by atoms with E-state index in [1.54, 1.807) is 0 Å². The van der Waals surface area contributed by atoms with E-state index in [2.05, 4.69) is 4.74 Å². The molecule has 0 saturated heterocycles. The summed E-state index contributed by atoms with van der Waals surface area (Å²) in [5, 5.41) is 0. The SMILES string of the molecule is Cl.N[C@H](c1cccc(OC(F)(F)F)c1)C(F)(F)F. The number of rotatable bonds is 2. The Morgan fingerprint density at radius 2 is 1.61 bits per heavy atom. The molecular weight excluding hydrogens is 288 g/mol. The zero-order valence-electron chi connectivity index (χ0n) is 8.55. The molecule has 0 aliphatic carbocycles. The van der Waals surface area contributed by atoms with Crippen molar-refractivity contribution >= 4 is 12.4 Å². The van der Waals surface area contributed by atoms with Crippen LogP contribution in [0.25, 0.3) is 0 Å². The minimum Gasteiger partial charge on any atom is -0.406 e. The molecule has 0 saturated carbocycles. The molecule has 1 atom stereocenters. The molecule has 2 nitrogen and oxygen atoms in total. The molecule has 18 heavy (non-hydrogen) atoms. The van der Waals surface area contributed by atoms with Gasteiger partial charge in [-0.1, -0.05) is 12.1 Å². The lowest BCUT2D eigenvalue weighted by Gasteiger charge is -2.17. The molecule has 0 fully saturated rings. The van der Waals surface area contributed by atoms with Crippen molar-refractivity contribution in [3.63, 3.8) is 0 Å². The predicted octanol–water partition coefficient (Wildman–Crippen LogP) is 3.57. The topological polar surface area (TPSA) is 35.2 Å². The highest BCUT2D eigenvalue weighted by atomic mass is 35.5. The molecule has 0 unspecified atom stereocenters. The van der Waals surface area contributed by atoms with E-state index in [4.69, 9.17) is 5.73 Å². The molecule has 1 aromatic rings. The summed E-state index contributed by atoms with van der Waals surface area (Å²) < 4.78 is 75.6. The number of alkyl halides is 6. The highest BCUT2D eigenvalue weighted by molar-refractivity contribution is 5.85. The van der Waals surface area contributed by atoms with Crippen molar-refractivity contribution in [3.05, 3.63) is 29.8 Å². The van der Waals surface area contributed by atoms with E-state index in [1.807, 2.05) is 0 Å². The van der Waals surface area contributed by atoms with E-state index in [-0.39, 0.29) is 12.4 Å². The summed E-state index contributed by atoms with van der Waals surface area (Å²) in [6.07, 6.45) is -9.68. The number of nitrogens with two attached hydrogens (primary N) is 1. The Bertz CT molecular complexity index is 391. The number of hydrogen-bond donors (Lipinski definition) is 1. The van der Waals surface area contributed by atoms with Gasteiger partial charge < -0.3 is 10.5 Å². The third kappa shape index (κ3) is 5.01. The van der Waals surface area contributed by atoms with Crippen LogP contribution in [-0.4, -0.2) is 12.5 Å². The second-order valence-electron chi connectivity index (χ2n) is 3.14. The van der Waals surface area contributed by atoms with Crippen LogP contribution in [-0.2, 0) is 0 Å². The van der Waals surface area contributed by atoms with Crippen LogP contribution in [0.2, 0.25) is 0 Å². The normalized spacial score (nSPS) is 13.7. The van der Waals surface area contributed by atoms with Gasteiger partial charge in [-0.25, -0.2) is 0 Å². The largest absolute Gasteiger partial charge is 0.573 e. The fraction of sp³-hybridized carbons (Fsp3) is 0.333. The van der Waals surface area contributed by atoms with Crippen LogP contribution in [0, 0.1) is 0 Å². The van der Waals surface area contributed by atoms with Crippen molar-refractivity contribution < 1.29 is 31.1 Å². The highest BCUT2D eigenvalue weighted by Crippen LogP contribution is 2.32. The van der Waals surface area contributed by atoms with Crippen LogP contribution in [0.5, 0.6) is 5.75 Å². The van der Waals surface area contributed by atoms with Gasteiger partial charge in [-0.15, -0.1) is 25.6 Å². The van der Waals surface area contributed by atoms with Gasteiger partial charge >= 0.3 is 12.5 Å². The van der Waals surface area contributed by atoms with E-state index in [1.165, 1.54) is 0 Å². The lowest BCUT2D eigenvalue weighted by Crippen LogP contribution is -2.28. The summed E-state index contributed by atoms with van der Waals surface area (Å²) in [5.41, 5.74) is 4.34. The minimum atomic E-state index is -4.96. The van der Waals surface area contributed by atoms with E-state index in [9.17, 15) is 26.3 Å². The second kappa shape index (κ2) is 5.66. The van der Waals surface area contributed by atoms with Crippen LogP contribution >= 0.6 is 12.4 Å². The predicted molar refractivity (Wildman–Crippen MR) is 53.4 cm³/mol. The van der Waals surface area contributed by atoms with Crippen molar-refractivity contribution in [2.24, 2.45) is 5.73 Å². The molecule has 0 aromatic heterocycles. The average Bonchev–Trinajstić information content (AvgIpc) is 2.12. The average molecular weight is 296 g/mol. The number of benzene rings is 1. The van der Waals surface area contributed by atoms with Gasteiger partial charge in [0.1, 0.15) is 11.8 Å². The first kappa shape index (κ1) is 16.9. The Morgan fingerprint density at radius 3 is 2.06 bits per heavy atom. The molecule has 1 rings (SSSR count). The number of hydrogen-bond acceptors (Lipinski definition) is 2. The molecule has 0 radical (unpaired) electrons. The van der Waals surface area contributed by atoms with Crippen LogP contribution in [0.15, 0.2) is 24.3 Å². The monoisotopic (exact) mass is 295 g/mol. The number of ether oxygens (including phenoxy) is 1. The van der Waals surface area contributed by atoms with Gasteiger partial charge in [-0.05, 0) is 17.7 Å². The van der Waals surface area contributed by atoms with Crippen LogP contribution in [0.4, 0.5) is 26.3 Å². The lowest BCUT2D eigenvalue weighted by molar-refractivity contribution is -0.274. The second-order valence-corrected chi connectivity index (χ2v) is 3.14. The van der Waals surface area contributed by atoms with Gasteiger partial charge in [0.05, 0.1) is 0 Å². The maximum absolute atomic E-state index is 12.2. The standard InChI is InChI=1S/C9H7F6NO.ClH/c10-8(11,12)7(16)5-2-1-3-6(4-5)17-9(13,14)15;/h1-4,7H,16H2;1H/t7-;/m1./s1. The van der Waals surface area contributed by atoms with E-state index >= 15 is 0 Å². The van der Waals surface area contributed by atoms with Gasteiger partial charge in [0, 0.05) is 0 Å². The zero-order chi connectivity index (χ0) is 13.3.